The maximum atomic E-state index is 11.8. The quantitative estimate of drug-likeness (QED) is 0.491. The lowest BCUT2D eigenvalue weighted by Gasteiger charge is -2.63. The fourth-order valence-electron chi connectivity index (χ4n) is 9.82. The van der Waals surface area contributed by atoms with Crippen molar-refractivity contribution in [2.45, 2.75) is 96.9 Å². The number of nitrogens with one attached hydrogen (secondary N) is 1. The summed E-state index contributed by atoms with van der Waals surface area (Å²) in [7, 11) is 0. The van der Waals surface area contributed by atoms with Crippen molar-refractivity contribution in [3.8, 4) is 0 Å². The van der Waals surface area contributed by atoms with Crippen LogP contribution in [0.4, 0.5) is 0 Å². The van der Waals surface area contributed by atoms with E-state index in [9.17, 15) is 15.3 Å². The number of hydrogen-bond acceptors (Lipinski definition) is 4. The van der Waals surface area contributed by atoms with Gasteiger partial charge in [-0.15, -0.1) is 0 Å². The lowest BCUT2D eigenvalue weighted by atomic mass is 9.43. The molecule has 5 nitrogen and oxygen atoms in total. The molecule has 6 rings (SSSR count). The molecule has 4 saturated carbocycles. The topological polar surface area (TPSA) is 89.4 Å². The smallest absolute Gasteiger partial charge is 0.107 e. The highest BCUT2D eigenvalue weighted by molar-refractivity contribution is 5.74. The van der Waals surface area contributed by atoms with Gasteiger partial charge in [0, 0.05) is 6.42 Å². The van der Waals surface area contributed by atoms with Crippen LogP contribution in [0.15, 0.2) is 24.3 Å². The summed E-state index contributed by atoms with van der Waals surface area (Å²) in [5.41, 5.74) is 2.14. The van der Waals surface area contributed by atoms with Gasteiger partial charge in [-0.05, 0) is 110 Å². The number of fused-ring (bicyclic) bond motifs is 6. The van der Waals surface area contributed by atoms with E-state index in [2.05, 4.69) is 37.9 Å². The molecule has 4 N–H and O–H groups in total. The predicted molar refractivity (Wildman–Crippen MR) is 138 cm³/mol. The first-order valence-electron chi connectivity index (χ1n) is 14.2. The number of aryl methyl sites for hydroxylation is 1. The molecule has 1 aromatic carbocycles. The van der Waals surface area contributed by atoms with Crippen molar-refractivity contribution in [2.24, 2.45) is 46.3 Å². The van der Waals surface area contributed by atoms with Crippen LogP contribution in [-0.4, -0.2) is 43.6 Å². The summed E-state index contributed by atoms with van der Waals surface area (Å²) >= 11 is 0. The van der Waals surface area contributed by atoms with Gasteiger partial charge in [0.05, 0.1) is 29.3 Å². The molecule has 192 valence electrons. The maximum absolute atomic E-state index is 11.8. The normalized spacial score (nSPS) is 46.1. The molecule has 0 aliphatic heterocycles. The van der Waals surface area contributed by atoms with Crippen LogP contribution in [0.1, 0.15) is 78.0 Å². The number of benzene rings is 1. The lowest BCUT2D eigenvalue weighted by molar-refractivity contribution is -0.207. The largest absolute Gasteiger partial charge is 0.393 e. The van der Waals surface area contributed by atoms with E-state index in [1.807, 2.05) is 12.1 Å². The van der Waals surface area contributed by atoms with E-state index in [1.54, 1.807) is 0 Å². The minimum absolute atomic E-state index is 0.132. The third-order valence-electron chi connectivity index (χ3n) is 11.8. The van der Waals surface area contributed by atoms with Gasteiger partial charge in [0.15, 0.2) is 0 Å². The number of para-hydroxylation sites is 2. The average molecular weight is 481 g/mol. The molecule has 11 atom stereocenters. The van der Waals surface area contributed by atoms with Gasteiger partial charge in [-0.25, -0.2) is 4.98 Å². The SMILES string of the molecule is C[C@H](CCc1nc2ccccc2[nH]1)[C@H]1CC[C@H]2[C@@H]3[C@H](O)C[C@@H]4C[C@H](O)CC[C@]4(C)[C@H]3C[C@H](O)[C@]12C. The molecule has 0 saturated heterocycles. The number of rotatable bonds is 4. The van der Waals surface area contributed by atoms with Crippen LogP contribution in [-0.2, 0) is 6.42 Å². The van der Waals surface area contributed by atoms with Gasteiger partial charge in [0.1, 0.15) is 5.82 Å². The van der Waals surface area contributed by atoms with Gasteiger partial charge in [-0.2, -0.15) is 0 Å². The van der Waals surface area contributed by atoms with Gasteiger partial charge >= 0.3 is 0 Å². The van der Waals surface area contributed by atoms with Crippen LogP contribution in [0.25, 0.3) is 11.0 Å². The first-order chi connectivity index (χ1) is 16.7. The van der Waals surface area contributed by atoms with Crippen molar-refractivity contribution in [3.63, 3.8) is 0 Å². The van der Waals surface area contributed by atoms with Crippen LogP contribution in [0.5, 0.6) is 0 Å². The van der Waals surface area contributed by atoms with E-state index < -0.39 is 0 Å². The molecule has 1 heterocycles. The van der Waals surface area contributed by atoms with Gasteiger partial charge < -0.3 is 20.3 Å². The molecule has 0 amide bonds. The number of aromatic amines is 1. The van der Waals surface area contributed by atoms with Crippen molar-refractivity contribution in [1.29, 1.82) is 0 Å². The second-order valence-corrected chi connectivity index (χ2v) is 13.2. The molecule has 0 spiro atoms. The van der Waals surface area contributed by atoms with E-state index in [-0.39, 0.29) is 35.1 Å². The molecule has 35 heavy (non-hydrogen) atoms. The van der Waals surface area contributed by atoms with Crippen molar-refractivity contribution in [1.82, 2.24) is 9.97 Å². The Morgan fingerprint density at radius 3 is 2.63 bits per heavy atom. The van der Waals surface area contributed by atoms with Crippen LogP contribution >= 0.6 is 0 Å². The third-order valence-corrected chi connectivity index (χ3v) is 11.8. The van der Waals surface area contributed by atoms with E-state index in [0.717, 1.165) is 74.6 Å². The highest BCUT2D eigenvalue weighted by Crippen LogP contribution is 2.68. The Hall–Kier alpha value is -1.43. The van der Waals surface area contributed by atoms with E-state index >= 15 is 0 Å². The predicted octanol–water partition coefficient (Wildman–Crippen LogP) is 5.09. The second kappa shape index (κ2) is 8.56. The van der Waals surface area contributed by atoms with E-state index in [0.29, 0.717) is 29.6 Å². The van der Waals surface area contributed by atoms with Crippen molar-refractivity contribution >= 4 is 11.0 Å². The minimum Gasteiger partial charge on any atom is -0.393 e. The summed E-state index contributed by atoms with van der Waals surface area (Å²) in [6.45, 7) is 7.13. The highest BCUT2D eigenvalue weighted by atomic mass is 16.3. The Labute approximate surface area is 209 Å². The van der Waals surface area contributed by atoms with E-state index in [4.69, 9.17) is 4.98 Å². The van der Waals surface area contributed by atoms with Crippen LogP contribution in [0, 0.1) is 46.3 Å². The third kappa shape index (κ3) is 3.63. The molecule has 4 aliphatic rings. The van der Waals surface area contributed by atoms with Crippen LogP contribution in [0.2, 0.25) is 0 Å². The molecular weight excluding hydrogens is 436 g/mol. The number of aliphatic hydroxyl groups is 3. The molecule has 4 aliphatic carbocycles. The van der Waals surface area contributed by atoms with Gasteiger partial charge in [-0.1, -0.05) is 32.9 Å². The number of aliphatic hydroxyl groups excluding tert-OH is 3. The standard InChI is InChI=1S/C30H44N2O3/c1-17(8-11-27-31-23-6-4-5-7-24(23)32-27)20-9-10-21-28-22(16-26(35)30(20,21)3)29(2)13-12-19(33)14-18(29)15-25(28)34/h4-7,17-22,25-26,28,33-35H,8-16H2,1-3H3,(H,31,32)/t17-,18+,19-,20-,21+,22+,25-,26+,28+,29+,30-/m1/s1. The molecule has 0 unspecified atom stereocenters. The number of H-pyrrole nitrogens is 1. The molecule has 4 fully saturated rings. The summed E-state index contributed by atoms with van der Waals surface area (Å²) in [6.07, 6.45) is 7.77. The Morgan fingerprint density at radius 1 is 1.03 bits per heavy atom. The molecule has 0 radical (unpaired) electrons. The minimum atomic E-state index is -0.315. The first-order valence-corrected chi connectivity index (χ1v) is 14.2. The number of aromatic nitrogens is 2. The fraction of sp³-hybridized carbons (Fsp3) is 0.767. The fourth-order valence-corrected chi connectivity index (χ4v) is 9.82. The van der Waals surface area contributed by atoms with Crippen molar-refractivity contribution in [3.05, 3.63) is 30.1 Å². The zero-order chi connectivity index (χ0) is 24.5. The Morgan fingerprint density at radius 2 is 1.83 bits per heavy atom. The number of hydrogen-bond donors (Lipinski definition) is 4. The molecule has 1 aromatic heterocycles. The average Bonchev–Trinajstić information content (AvgIpc) is 3.41. The first kappa shape index (κ1) is 23.9. The van der Waals surface area contributed by atoms with Crippen LogP contribution in [0.3, 0.4) is 0 Å². The van der Waals surface area contributed by atoms with Crippen LogP contribution < -0.4 is 0 Å². The summed E-state index contributed by atoms with van der Waals surface area (Å²) in [6, 6.07) is 8.22. The number of imidazole rings is 1. The summed E-state index contributed by atoms with van der Waals surface area (Å²) < 4.78 is 0. The molecular formula is C30H44N2O3. The molecule has 0 bridgehead atoms. The Bertz CT molecular complexity index is 1040. The highest BCUT2D eigenvalue weighted by Gasteiger charge is 2.65. The zero-order valence-corrected chi connectivity index (χ0v) is 21.7. The second-order valence-electron chi connectivity index (χ2n) is 13.2. The summed E-state index contributed by atoms with van der Waals surface area (Å²) in [4.78, 5) is 8.27. The van der Waals surface area contributed by atoms with Gasteiger partial charge in [0.2, 0.25) is 0 Å². The maximum Gasteiger partial charge on any atom is 0.107 e. The van der Waals surface area contributed by atoms with Crippen molar-refractivity contribution in [2.75, 3.05) is 0 Å². The zero-order valence-electron chi connectivity index (χ0n) is 21.7. The van der Waals surface area contributed by atoms with Gasteiger partial charge in [-0.3, -0.25) is 0 Å². The molecule has 5 heteroatoms. The van der Waals surface area contributed by atoms with Gasteiger partial charge in [0.25, 0.3) is 0 Å². The molecule has 2 aromatic rings. The van der Waals surface area contributed by atoms with Crippen molar-refractivity contribution < 1.29 is 15.3 Å². The monoisotopic (exact) mass is 480 g/mol. The summed E-state index contributed by atoms with van der Waals surface area (Å²) in [5, 5.41) is 33.6. The number of nitrogens with zero attached hydrogens (tertiary/aromatic N) is 1. The lowest BCUT2D eigenvalue weighted by Crippen LogP contribution is -2.62. The Kier molecular flexibility index (Phi) is 5.86. The van der Waals surface area contributed by atoms with E-state index in [1.165, 1.54) is 0 Å². The Balaban J connectivity index is 1.21. The summed E-state index contributed by atoms with van der Waals surface area (Å²) in [5.74, 6) is 3.43.